The Morgan fingerprint density at radius 3 is 1.20 bits per heavy atom. The van der Waals surface area contributed by atoms with Crippen molar-refractivity contribution < 1.29 is 0 Å². The number of aryl methyl sites for hydroxylation is 2. The number of hydrogen-bond donors (Lipinski definition) is 0. The SMILES string of the molecule is CC1=CC=C(C)C1.Cc1ccc(C)cc1. The lowest BCUT2D eigenvalue weighted by Crippen LogP contribution is -1.70. The van der Waals surface area contributed by atoms with Crippen LogP contribution in [0.25, 0.3) is 0 Å². The summed E-state index contributed by atoms with van der Waals surface area (Å²) in [6.45, 7) is 8.51. The Hall–Kier alpha value is -1.30. The first kappa shape index (κ1) is 11.8. The molecule has 0 saturated carbocycles. The molecular formula is C15H20. The molecule has 0 N–H and O–H groups in total. The van der Waals surface area contributed by atoms with Crippen LogP contribution in [0.4, 0.5) is 0 Å². The molecule has 0 bridgehead atoms. The molecule has 2 rings (SSSR count). The van der Waals surface area contributed by atoms with Crippen LogP contribution in [0.1, 0.15) is 31.4 Å². The van der Waals surface area contributed by atoms with Crippen LogP contribution in [0.15, 0.2) is 47.6 Å². The van der Waals surface area contributed by atoms with E-state index < -0.39 is 0 Å². The maximum Gasteiger partial charge on any atom is -0.0108 e. The third-order valence-electron chi connectivity index (χ3n) is 2.43. The average molecular weight is 200 g/mol. The molecule has 0 heterocycles. The first-order valence-electron chi connectivity index (χ1n) is 5.44. The average Bonchev–Trinajstić information content (AvgIpc) is 2.56. The van der Waals surface area contributed by atoms with Crippen LogP contribution in [0.5, 0.6) is 0 Å². The zero-order valence-corrected chi connectivity index (χ0v) is 10.2. The van der Waals surface area contributed by atoms with Gasteiger partial charge in [-0.05, 0) is 34.1 Å². The molecule has 0 heteroatoms. The van der Waals surface area contributed by atoms with E-state index in [2.05, 4.69) is 64.1 Å². The molecule has 0 unspecified atom stereocenters. The van der Waals surface area contributed by atoms with Gasteiger partial charge in [0.25, 0.3) is 0 Å². The van der Waals surface area contributed by atoms with Gasteiger partial charge in [0.15, 0.2) is 0 Å². The third kappa shape index (κ3) is 4.64. The molecule has 0 saturated heterocycles. The Balaban J connectivity index is 0.000000151. The van der Waals surface area contributed by atoms with Crippen molar-refractivity contribution in [3.8, 4) is 0 Å². The molecular weight excluding hydrogens is 180 g/mol. The van der Waals surface area contributed by atoms with Crippen molar-refractivity contribution in [2.45, 2.75) is 34.1 Å². The predicted molar refractivity (Wildman–Crippen MR) is 68.0 cm³/mol. The summed E-state index contributed by atoms with van der Waals surface area (Å²) in [6.07, 6.45) is 5.55. The summed E-state index contributed by atoms with van der Waals surface area (Å²) in [5.74, 6) is 0. The maximum absolute atomic E-state index is 2.18. The quantitative estimate of drug-likeness (QED) is 0.574. The molecule has 1 aliphatic rings. The lowest BCUT2D eigenvalue weighted by molar-refractivity contribution is 1.15. The van der Waals surface area contributed by atoms with E-state index >= 15 is 0 Å². The lowest BCUT2D eigenvalue weighted by Gasteiger charge is -1.90. The van der Waals surface area contributed by atoms with Gasteiger partial charge in [-0.1, -0.05) is 58.7 Å². The van der Waals surface area contributed by atoms with Crippen LogP contribution in [0, 0.1) is 13.8 Å². The van der Waals surface area contributed by atoms with E-state index in [0.717, 1.165) is 0 Å². The van der Waals surface area contributed by atoms with Crippen molar-refractivity contribution in [2.75, 3.05) is 0 Å². The van der Waals surface area contributed by atoms with E-state index in [-0.39, 0.29) is 0 Å². The topological polar surface area (TPSA) is 0 Å². The van der Waals surface area contributed by atoms with Crippen molar-refractivity contribution in [1.82, 2.24) is 0 Å². The van der Waals surface area contributed by atoms with Crippen LogP contribution in [0.3, 0.4) is 0 Å². The molecule has 0 nitrogen and oxygen atoms in total. The highest BCUT2D eigenvalue weighted by molar-refractivity contribution is 5.27. The van der Waals surface area contributed by atoms with Crippen LogP contribution in [-0.2, 0) is 0 Å². The minimum absolute atomic E-state index is 1.19. The summed E-state index contributed by atoms with van der Waals surface area (Å²) in [4.78, 5) is 0. The summed E-state index contributed by atoms with van der Waals surface area (Å²) in [5.41, 5.74) is 5.63. The predicted octanol–water partition coefficient (Wildman–Crippen LogP) is 4.59. The summed E-state index contributed by atoms with van der Waals surface area (Å²) in [6, 6.07) is 8.48. The molecule has 0 aromatic heterocycles. The minimum Gasteiger partial charge on any atom is -0.0693 e. The van der Waals surface area contributed by atoms with Crippen molar-refractivity contribution in [1.29, 1.82) is 0 Å². The van der Waals surface area contributed by atoms with Crippen molar-refractivity contribution >= 4 is 0 Å². The maximum atomic E-state index is 2.18. The van der Waals surface area contributed by atoms with Gasteiger partial charge < -0.3 is 0 Å². The molecule has 0 spiro atoms. The minimum atomic E-state index is 1.19. The molecule has 0 aliphatic heterocycles. The Morgan fingerprint density at radius 1 is 0.667 bits per heavy atom. The number of rotatable bonds is 0. The Labute approximate surface area is 93.3 Å². The number of allylic oxidation sites excluding steroid dienone is 4. The Morgan fingerprint density at radius 2 is 1.00 bits per heavy atom. The molecule has 1 aromatic rings. The largest absolute Gasteiger partial charge is 0.0693 e. The second-order valence-corrected chi connectivity index (χ2v) is 4.36. The van der Waals surface area contributed by atoms with Gasteiger partial charge in [-0.25, -0.2) is 0 Å². The van der Waals surface area contributed by atoms with Gasteiger partial charge in [-0.15, -0.1) is 0 Å². The second kappa shape index (κ2) is 5.55. The van der Waals surface area contributed by atoms with Gasteiger partial charge in [0, 0.05) is 0 Å². The number of hydrogen-bond acceptors (Lipinski definition) is 0. The first-order valence-corrected chi connectivity index (χ1v) is 5.44. The fraction of sp³-hybridized carbons (Fsp3) is 0.333. The summed E-state index contributed by atoms with van der Waals surface area (Å²) < 4.78 is 0. The highest BCUT2D eigenvalue weighted by Crippen LogP contribution is 2.16. The number of benzene rings is 1. The molecule has 1 aliphatic carbocycles. The van der Waals surface area contributed by atoms with E-state index in [0.29, 0.717) is 0 Å². The smallest absolute Gasteiger partial charge is 0.0108 e. The van der Waals surface area contributed by atoms with Gasteiger partial charge in [0.05, 0.1) is 0 Å². The highest BCUT2D eigenvalue weighted by atomic mass is 14.0. The zero-order valence-electron chi connectivity index (χ0n) is 10.2. The van der Waals surface area contributed by atoms with Crippen LogP contribution >= 0.6 is 0 Å². The van der Waals surface area contributed by atoms with Crippen molar-refractivity contribution in [3.63, 3.8) is 0 Å². The Kier molecular flexibility index (Phi) is 4.36. The molecule has 1 aromatic carbocycles. The molecule has 80 valence electrons. The van der Waals surface area contributed by atoms with Gasteiger partial charge in [-0.2, -0.15) is 0 Å². The van der Waals surface area contributed by atoms with Gasteiger partial charge in [-0.3, -0.25) is 0 Å². The van der Waals surface area contributed by atoms with E-state index in [1.807, 2.05) is 0 Å². The van der Waals surface area contributed by atoms with Gasteiger partial charge in [0.2, 0.25) is 0 Å². The first-order chi connectivity index (χ1) is 7.08. The van der Waals surface area contributed by atoms with Crippen LogP contribution < -0.4 is 0 Å². The normalized spacial score (nSPS) is 13.9. The monoisotopic (exact) mass is 200 g/mol. The molecule has 0 amide bonds. The summed E-state index contributed by atoms with van der Waals surface area (Å²) in [5, 5.41) is 0. The van der Waals surface area contributed by atoms with E-state index in [9.17, 15) is 0 Å². The summed E-state index contributed by atoms with van der Waals surface area (Å²) in [7, 11) is 0. The molecule has 0 atom stereocenters. The molecule has 0 fully saturated rings. The van der Waals surface area contributed by atoms with Crippen LogP contribution in [0.2, 0.25) is 0 Å². The van der Waals surface area contributed by atoms with Crippen molar-refractivity contribution in [2.24, 2.45) is 0 Å². The lowest BCUT2D eigenvalue weighted by atomic mass is 10.2. The standard InChI is InChI=1S/C8H10.C7H10/c1-7-3-5-8(2)6-4-7;1-6-3-4-7(2)5-6/h3-6H,1-2H3;3-4H,5H2,1-2H3. The summed E-state index contributed by atoms with van der Waals surface area (Å²) >= 11 is 0. The zero-order chi connectivity index (χ0) is 11.3. The third-order valence-corrected chi connectivity index (χ3v) is 2.43. The fourth-order valence-corrected chi connectivity index (χ4v) is 1.48. The van der Waals surface area contributed by atoms with Crippen LogP contribution in [-0.4, -0.2) is 0 Å². The fourth-order valence-electron chi connectivity index (χ4n) is 1.48. The van der Waals surface area contributed by atoms with Gasteiger partial charge >= 0.3 is 0 Å². The van der Waals surface area contributed by atoms with Gasteiger partial charge in [0.1, 0.15) is 0 Å². The molecule has 15 heavy (non-hydrogen) atoms. The van der Waals surface area contributed by atoms with E-state index in [1.54, 1.807) is 0 Å². The Bertz CT molecular complexity index is 327. The van der Waals surface area contributed by atoms with E-state index in [4.69, 9.17) is 0 Å². The van der Waals surface area contributed by atoms with E-state index in [1.165, 1.54) is 28.7 Å². The van der Waals surface area contributed by atoms with Crippen molar-refractivity contribution in [3.05, 3.63) is 58.7 Å². The highest BCUT2D eigenvalue weighted by Gasteiger charge is 1.95. The second-order valence-electron chi connectivity index (χ2n) is 4.36. The molecule has 0 radical (unpaired) electrons.